The van der Waals surface area contributed by atoms with Gasteiger partial charge in [-0.3, -0.25) is 9.59 Å². The number of aromatic nitrogens is 1. The number of nitrogens with zero attached hydrogens (tertiary/aromatic N) is 1. The second-order valence-corrected chi connectivity index (χ2v) is 9.40. The first-order chi connectivity index (χ1) is 16.9. The molecule has 5 rings (SSSR count). The van der Waals surface area contributed by atoms with Crippen LogP contribution in [0.4, 0.5) is 8.78 Å². The van der Waals surface area contributed by atoms with Crippen molar-refractivity contribution in [3.8, 4) is 11.1 Å². The summed E-state index contributed by atoms with van der Waals surface area (Å²) in [6.07, 6.45) is 2.50. The van der Waals surface area contributed by atoms with Crippen molar-refractivity contribution in [3.05, 3.63) is 93.4 Å². The van der Waals surface area contributed by atoms with E-state index in [1.807, 2.05) is 12.1 Å². The van der Waals surface area contributed by atoms with Crippen LogP contribution >= 0.6 is 0 Å². The Hall–Kier alpha value is -3.32. The molecule has 0 aliphatic carbocycles. The van der Waals surface area contributed by atoms with E-state index in [1.54, 1.807) is 41.8 Å². The summed E-state index contributed by atoms with van der Waals surface area (Å²) >= 11 is 0. The molecule has 0 radical (unpaired) electrons. The Morgan fingerprint density at radius 3 is 2.71 bits per heavy atom. The minimum absolute atomic E-state index is 0.134. The van der Waals surface area contributed by atoms with Crippen molar-refractivity contribution in [1.82, 2.24) is 9.88 Å². The van der Waals surface area contributed by atoms with Crippen LogP contribution in [0.2, 0.25) is 0 Å². The van der Waals surface area contributed by atoms with Crippen molar-refractivity contribution in [2.24, 2.45) is 0 Å². The molecule has 3 heterocycles. The van der Waals surface area contributed by atoms with Crippen LogP contribution in [0.15, 0.2) is 59.4 Å². The zero-order chi connectivity index (χ0) is 24.5. The number of hydrogen-bond acceptors (Lipinski definition) is 3. The molecule has 1 saturated heterocycles. The van der Waals surface area contributed by atoms with Crippen LogP contribution in [0.3, 0.4) is 0 Å². The molecule has 0 spiro atoms. The maximum absolute atomic E-state index is 15.7. The molecule has 2 aliphatic heterocycles. The number of carbonyl (C=O) groups is 1. The first kappa shape index (κ1) is 23.4. The topological polar surface area (TPSA) is 60.3 Å². The summed E-state index contributed by atoms with van der Waals surface area (Å²) in [7, 11) is 0. The van der Waals surface area contributed by atoms with E-state index in [0.717, 1.165) is 12.1 Å². The number of hydrogen-bond donors (Lipinski definition) is 1. The van der Waals surface area contributed by atoms with Gasteiger partial charge in [0.05, 0.1) is 12.1 Å². The van der Waals surface area contributed by atoms with Gasteiger partial charge in [0.15, 0.2) is 0 Å². The molecule has 3 aromatic rings. The van der Waals surface area contributed by atoms with E-state index in [4.69, 9.17) is 4.74 Å². The van der Waals surface area contributed by atoms with Crippen molar-refractivity contribution < 1.29 is 18.3 Å². The Morgan fingerprint density at radius 1 is 1.11 bits per heavy atom. The quantitative estimate of drug-likeness (QED) is 0.588. The minimum atomic E-state index is -0.487. The number of rotatable bonds is 5. The first-order valence-electron chi connectivity index (χ1n) is 12.1. The van der Waals surface area contributed by atoms with Crippen molar-refractivity contribution in [1.29, 1.82) is 0 Å². The maximum atomic E-state index is 15.7. The molecule has 1 fully saturated rings. The van der Waals surface area contributed by atoms with Gasteiger partial charge in [0.25, 0.3) is 5.56 Å². The lowest BCUT2D eigenvalue weighted by molar-refractivity contribution is -0.131. The summed E-state index contributed by atoms with van der Waals surface area (Å²) in [5.41, 5.74) is 2.49. The molecule has 1 N–H and O–H groups in total. The lowest BCUT2D eigenvalue weighted by Gasteiger charge is -2.36. The lowest BCUT2D eigenvalue weighted by Crippen LogP contribution is -2.51. The number of pyridine rings is 1. The molecule has 0 unspecified atom stereocenters. The Kier molecular flexibility index (Phi) is 6.52. The Balaban J connectivity index is 1.52. The standard InChI is InChI=1S/C28H28F2N2O3/c1-17-10-11-21-12-13-23(31-27(33)25-9-4-14-35-25)24(32(21)28(17)34)16-19-6-3-8-22(26(19)30)18-5-2-7-20(29)15-18/h2-3,5-8,10-11,15,23-25H,4,9,12-14,16H2,1H3,(H,31,33)/t23-,24-,25-/m0/s1. The van der Waals surface area contributed by atoms with Gasteiger partial charge in [-0.2, -0.15) is 0 Å². The fraction of sp³-hybridized carbons (Fsp3) is 0.357. The molecule has 2 aliphatic rings. The Morgan fingerprint density at radius 2 is 1.94 bits per heavy atom. The van der Waals surface area contributed by atoms with Gasteiger partial charge in [-0.1, -0.05) is 36.4 Å². The SMILES string of the molecule is Cc1ccc2n(c1=O)[C@@H](Cc1cccc(-c3cccc(F)c3)c1F)[C@@H](NC(=O)[C@@H]1CCCO1)CC2. The third kappa shape index (κ3) is 4.65. The van der Waals surface area contributed by atoms with E-state index in [9.17, 15) is 14.0 Å². The number of amides is 1. The molecular weight excluding hydrogens is 450 g/mol. The summed E-state index contributed by atoms with van der Waals surface area (Å²) in [4.78, 5) is 26.1. The average Bonchev–Trinajstić information content (AvgIpc) is 3.39. The zero-order valence-corrected chi connectivity index (χ0v) is 19.6. The van der Waals surface area contributed by atoms with E-state index < -0.39 is 23.8 Å². The highest BCUT2D eigenvalue weighted by Gasteiger charge is 2.34. The van der Waals surface area contributed by atoms with Gasteiger partial charge < -0.3 is 14.6 Å². The number of benzene rings is 2. The van der Waals surface area contributed by atoms with Crippen LogP contribution in [-0.4, -0.2) is 29.2 Å². The number of fused-ring (bicyclic) bond motifs is 1. The predicted molar refractivity (Wildman–Crippen MR) is 129 cm³/mol. The monoisotopic (exact) mass is 478 g/mol. The third-order valence-electron chi connectivity index (χ3n) is 7.09. The highest BCUT2D eigenvalue weighted by Crippen LogP contribution is 2.32. The molecule has 0 saturated carbocycles. The van der Waals surface area contributed by atoms with E-state index in [1.165, 1.54) is 12.1 Å². The summed E-state index contributed by atoms with van der Waals surface area (Å²) in [6.45, 7) is 2.32. The van der Waals surface area contributed by atoms with E-state index >= 15 is 4.39 Å². The summed E-state index contributed by atoms with van der Waals surface area (Å²) in [5, 5.41) is 3.10. The summed E-state index contributed by atoms with van der Waals surface area (Å²) < 4.78 is 36.8. The molecule has 1 amide bonds. The van der Waals surface area contributed by atoms with Crippen LogP contribution in [-0.2, 0) is 22.4 Å². The third-order valence-corrected chi connectivity index (χ3v) is 7.09. The molecule has 35 heavy (non-hydrogen) atoms. The minimum Gasteiger partial charge on any atom is -0.368 e. The van der Waals surface area contributed by atoms with Crippen LogP contribution in [0.5, 0.6) is 0 Å². The number of carbonyl (C=O) groups excluding carboxylic acids is 1. The normalized spacial score (nSPS) is 21.5. The Bertz CT molecular complexity index is 1310. The summed E-state index contributed by atoms with van der Waals surface area (Å²) in [6, 6.07) is 13.8. The average molecular weight is 479 g/mol. The van der Waals surface area contributed by atoms with Crippen LogP contribution < -0.4 is 10.9 Å². The van der Waals surface area contributed by atoms with Gasteiger partial charge in [0.2, 0.25) is 5.91 Å². The smallest absolute Gasteiger partial charge is 0.253 e. The van der Waals surface area contributed by atoms with Crippen LogP contribution in [0, 0.1) is 18.6 Å². The van der Waals surface area contributed by atoms with Crippen molar-refractivity contribution in [3.63, 3.8) is 0 Å². The second-order valence-electron chi connectivity index (χ2n) is 9.40. The van der Waals surface area contributed by atoms with E-state index in [2.05, 4.69) is 5.32 Å². The Labute approximate surface area is 202 Å². The molecule has 0 bridgehead atoms. The second kappa shape index (κ2) is 9.74. The van der Waals surface area contributed by atoms with E-state index in [-0.39, 0.29) is 23.9 Å². The van der Waals surface area contributed by atoms with Crippen LogP contribution in [0.25, 0.3) is 11.1 Å². The molecule has 7 heteroatoms. The fourth-order valence-electron chi connectivity index (χ4n) is 5.24. The molecule has 182 valence electrons. The van der Waals surface area contributed by atoms with Crippen molar-refractivity contribution in [2.75, 3.05) is 6.61 Å². The predicted octanol–water partition coefficient (Wildman–Crippen LogP) is 4.50. The molecule has 1 aromatic heterocycles. The van der Waals surface area contributed by atoms with E-state index in [0.29, 0.717) is 48.1 Å². The van der Waals surface area contributed by atoms with Gasteiger partial charge in [0, 0.05) is 23.4 Å². The molecule has 5 nitrogen and oxygen atoms in total. The van der Waals surface area contributed by atoms with Gasteiger partial charge in [-0.15, -0.1) is 0 Å². The largest absolute Gasteiger partial charge is 0.368 e. The molecular formula is C28H28F2N2O3. The number of ether oxygens (including phenoxy) is 1. The molecule has 2 aromatic carbocycles. The number of aryl methyl sites for hydroxylation is 2. The number of nitrogens with one attached hydrogen (secondary N) is 1. The zero-order valence-electron chi connectivity index (χ0n) is 19.6. The van der Waals surface area contributed by atoms with Crippen molar-refractivity contribution >= 4 is 5.91 Å². The lowest BCUT2D eigenvalue weighted by atomic mass is 9.89. The highest BCUT2D eigenvalue weighted by atomic mass is 19.1. The van der Waals surface area contributed by atoms with Crippen molar-refractivity contribution in [2.45, 2.75) is 57.2 Å². The number of halogens is 2. The van der Waals surface area contributed by atoms with Gasteiger partial charge >= 0.3 is 0 Å². The van der Waals surface area contributed by atoms with Crippen LogP contribution in [0.1, 0.15) is 42.1 Å². The van der Waals surface area contributed by atoms with Gasteiger partial charge in [-0.05, 0) is 68.4 Å². The fourth-order valence-corrected chi connectivity index (χ4v) is 5.24. The molecule has 3 atom stereocenters. The highest BCUT2D eigenvalue weighted by molar-refractivity contribution is 5.81. The van der Waals surface area contributed by atoms with Gasteiger partial charge in [0.1, 0.15) is 17.7 Å². The maximum Gasteiger partial charge on any atom is 0.253 e. The van der Waals surface area contributed by atoms with Gasteiger partial charge in [-0.25, -0.2) is 8.78 Å². The summed E-state index contributed by atoms with van der Waals surface area (Å²) in [5.74, 6) is -1.07. The first-order valence-corrected chi connectivity index (χ1v) is 12.1.